The summed E-state index contributed by atoms with van der Waals surface area (Å²) >= 11 is 4.99. The van der Waals surface area contributed by atoms with Gasteiger partial charge in [0, 0.05) is 32.3 Å². The number of thiocarbonyl (C=S) groups is 1. The second-order valence-electron chi connectivity index (χ2n) is 4.42. The zero-order chi connectivity index (χ0) is 13.1. The summed E-state index contributed by atoms with van der Waals surface area (Å²) in [5.74, 6) is 0.876. The highest BCUT2D eigenvalue weighted by molar-refractivity contribution is 7.80. The largest absolute Gasteiger partial charge is 0.389 e. The number of anilines is 1. The van der Waals surface area contributed by atoms with Crippen molar-refractivity contribution in [2.24, 2.45) is 5.73 Å². The first-order valence-corrected chi connectivity index (χ1v) is 6.24. The molecule has 0 aromatic carbocycles. The predicted octanol–water partition coefficient (Wildman–Crippen LogP) is 0.748. The van der Waals surface area contributed by atoms with Gasteiger partial charge in [-0.3, -0.25) is 4.79 Å². The Labute approximate surface area is 111 Å². The highest BCUT2D eigenvalue weighted by Gasteiger charge is 2.23. The molecule has 1 aromatic heterocycles. The predicted molar refractivity (Wildman–Crippen MR) is 74.4 cm³/mol. The highest BCUT2D eigenvalue weighted by Crippen LogP contribution is 2.17. The van der Waals surface area contributed by atoms with Gasteiger partial charge in [0.05, 0.1) is 5.56 Å². The van der Waals surface area contributed by atoms with E-state index in [1.54, 1.807) is 17.2 Å². The standard InChI is InChI=1S/C12H16N4OS/c1-16-7-8(4-5-10(16)17)15-12-9(11(13)18)3-2-6-14-12/h2-3,6,8H,4-5,7H2,1H3,(H2,13,18)(H,14,15). The Balaban J connectivity index is 2.10. The van der Waals surface area contributed by atoms with Gasteiger partial charge < -0.3 is 16.0 Å². The van der Waals surface area contributed by atoms with Crippen LogP contribution in [0.25, 0.3) is 0 Å². The molecule has 18 heavy (non-hydrogen) atoms. The third-order valence-electron chi connectivity index (χ3n) is 3.04. The van der Waals surface area contributed by atoms with Crippen LogP contribution in [0.1, 0.15) is 18.4 Å². The number of hydrogen-bond donors (Lipinski definition) is 2. The molecule has 1 aromatic rings. The number of hydrogen-bond acceptors (Lipinski definition) is 4. The van der Waals surface area contributed by atoms with Crippen LogP contribution in [-0.2, 0) is 4.79 Å². The maximum atomic E-state index is 11.4. The normalized spacial score (nSPS) is 19.7. The van der Waals surface area contributed by atoms with Crippen LogP contribution in [0.4, 0.5) is 5.82 Å². The molecule has 1 aliphatic rings. The molecule has 96 valence electrons. The van der Waals surface area contributed by atoms with Gasteiger partial charge in [0.15, 0.2) is 0 Å². The number of amides is 1. The number of aromatic nitrogens is 1. The molecule has 0 saturated carbocycles. The Morgan fingerprint density at radius 1 is 1.67 bits per heavy atom. The molecule has 0 radical (unpaired) electrons. The number of nitrogens with zero attached hydrogens (tertiary/aromatic N) is 2. The maximum absolute atomic E-state index is 11.4. The Morgan fingerprint density at radius 2 is 2.44 bits per heavy atom. The van der Waals surface area contributed by atoms with Crippen LogP contribution in [0.15, 0.2) is 18.3 Å². The molecule has 2 heterocycles. The molecule has 0 aliphatic carbocycles. The van der Waals surface area contributed by atoms with E-state index >= 15 is 0 Å². The second-order valence-corrected chi connectivity index (χ2v) is 4.86. The van der Waals surface area contributed by atoms with Gasteiger partial charge in [-0.25, -0.2) is 4.98 Å². The molecule has 0 spiro atoms. The Kier molecular flexibility index (Phi) is 3.76. The lowest BCUT2D eigenvalue weighted by Gasteiger charge is -2.30. The van der Waals surface area contributed by atoms with Crippen LogP contribution in [0, 0.1) is 0 Å². The molecular weight excluding hydrogens is 248 g/mol. The molecule has 6 heteroatoms. The van der Waals surface area contributed by atoms with E-state index in [9.17, 15) is 4.79 Å². The monoisotopic (exact) mass is 264 g/mol. The van der Waals surface area contributed by atoms with Gasteiger partial charge in [0.25, 0.3) is 0 Å². The number of nitrogens with one attached hydrogen (secondary N) is 1. The molecule has 1 amide bonds. The summed E-state index contributed by atoms with van der Waals surface area (Å²) in [5, 5.41) is 3.31. The van der Waals surface area contributed by atoms with Crippen LogP contribution in [0.2, 0.25) is 0 Å². The number of carbonyl (C=O) groups excluding carboxylic acids is 1. The third-order valence-corrected chi connectivity index (χ3v) is 3.26. The first-order valence-electron chi connectivity index (χ1n) is 5.83. The minimum atomic E-state index is 0.184. The summed E-state index contributed by atoms with van der Waals surface area (Å²) in [7, 11) is 1.81. The fourth-order valence-electron chi connectivity index (χ4n) is 2.04. The molecule has 1 fully saturated rings. The molecule has 1 saturated heterocycles. The van der Waals surface area contributed by atoms with Crippen molar-refractivity contribution < 1.29 is 4.79 Å². The van der Waals surface area contributed by atoms with Gasteiger partial charge in [-0.05, 0) is 18.6 Å². The average Bonchev–Trinajstić information content (AvgIpc) is 2.34. The van der Waals surface area contributed by atoms with Crippen molar-refractivity contribution in [2.75, 3.05) is 18.9 Å². The first kappa shape index (κ1) is 12.8. The van der Waals surface area contributed by atoms with Gasteiger partial charge in [0.2, 0.25) is 5.91 Å². The topological polar surface area (TPSA) is 71.2 Å². The smallest absolute Gasteiger partial charge is 0.222 e. The van der Waals surface area contributed by atoms with Crippen molar-refractivity contribution >= 4 is 28.9 Å². The quantitative estimate of drug-likeness (QED) is 0.788. The summed E-state index contributed by atoms with van der Waals surface area (Å²) < 4.78 is 0. The van der Waals surface area contributed by atoms with Crippen LogP contribution in [0.5, 0.6) is 0 Å². The molecule has 1 unspecified atom stereocenters. The van der Waals surface area contributed by atoms with Crippen LogP contribution in [-0.4, -0.2) is 40.4 Å². The molecule has 5 nitrogen and oxygen atoms in total. The van der Waals surface area contributed by atoms with Gasteiger partial charge in [-0.2, -0.15) is 0 Å². The van der Waals surface area contributed by atoms with Crippen molar-refractivity contribution in [3.05, 3.63) is 23.9 Å². The molecule has 0 bridgehead atoms. The van der Waals surface area contributed by atoms with Crippen LogP contribution >= 0.6 is 12.2 Å². The summed E-state index contributed by atoms with van der Waals surface area (Å²) in [6.45, 7) is 0.673. The average molecular weight is 264 g/mol. The SMILES string of the molecule is CN1CC(Nc2ncccc2C(N)=S)CCC1=O. The van der Waals surface area contributed by atoms with Crippen molar-refractivity contribution in [3.63, 3.8) is 0 Å². The highest BCUT2D eigenvalue weighted by atomic mass is 32.1. The fraction of sp³-hybridized carbons (Fsp3) is 0.417. The summed E-state index contributed by atoms with van der Waals surface area (Å²) in [6, 6.07) is 3.83. The number of piperidine rings is 1. The zero-order valence-corrected chi connectivity index (χ0v) is 11.0. The van der Waals surface area contributed by atoms with E-state index in [1.807, 2.05) is 13.1 Å². The van der Waals surface area contributed by atoms with E-state index < -0.39 is 0 Å². The fourth-order valence-corrected chi connectivity index (χ4v) is 2.21. The van der Waals surface area contributed by atoms with E-state index in [-0.39, 0.29) is 11.9 Å². The van der Waals surface area contributed by atoms with Gasteiger partial charge in [-0.1, -0.05) is 12.2 Å². The molecule has 3 N–H and O–H groups in total. The van der Waals surface area contributed by atoms with Crippen LogP contribution in [0.3, 0.4) is 0 Å². The van der Waals surface area contributed by atoms with Crippen molar-refractivity contribution in [3.8, 4) is 0 Å². The Bertz CT molecular complexity index is 477. The Morgan fingerprint density at radius 3 is 3.11 bits per heavy atom. The zero-order valence-electron chi connectivity index (χ0n) is 10.2. The summed E-state index contributed by atoms with van der Waals surface area (Å²) in [4.78, 5) is 17.7. The lowest BCUT2D eigenvalue weighted by molar-refractivity contribution is -0.132. The summed E-state index contributed by atoms with van der Waals surface area (Å²) in [5.41, 5.74) is 6.40. The van der Waals surface area contributed by atoms with Gasteiger partial charge >= 0.3 is 0 Å². The minimum absolute atomic E-state index is 0.184. The number of likely N-dealkylation sites (tertiary alicyclic amines) is 1. The third kappa shape index (κ3) is 2.76. The van der Waals surface area contributed by atoms with E-state index in [0.717, 1.165) is 12.0 Å². The van der Waals surface area contributed by atoms with Gasteiger partial charge in [0.1, 0.15) is 10.8 Å². The second kappa shape index (κ2) is 5.30. The molecule has 1 atom stereocenters. The minimum Gasteiger partial charge on any atom is -0.389 e. The van der Waals surface area contributed by atoms with Crippen molar-refractivity contribution in [1.82, 2.24) is 9.88 Å². The number of nitrogens with two attached hydrogens (primary N) is 1. The van der Waals surface area contributed by atoms with Crippen LogP contribution < -0.4 is 11.1 Å². The molecular formula is C12H16N4OS. The lowest BCUT2D eigenvalue weighted by atomic mass is 10.1. The van der Waals surface area contributed by atoms with Gasteiger partial charge in [-0.15, -0.1) is 0 Å². The van der Waals surface area contributed by atoms with E-state index in [2.05, 4.69) is 10.3 Å². The van der Waals surface area contributed by atoms with E-state index in [1.165, 1.54) is 0 Å². The number of carbonyl (C=O) groups is 1. The number of rotatable bonds is 3. The first-order chi connectivity index (χ1) is 8.58. The van der Waals surface area contributed by atoms with Crippen molar-refractivity contribution in [2.45, 2.75) is 18.9 Å². The van der Waals surface area contributed by atoms with E-state index in [0.29, 0.717) is 23.8 Å². The van der Waals surface area contributed by atoms with Crippen molar-refractivity contribution in [1.29, 1.82) is 0 Å². The Hall–Kier alpha value is -1.69. The van der Waals surface area contributed by atoms with E-state index in [4.69, 9.17) is 18.0 Å². The number of likely N-dealkylation sites (N-methyl/N-ethyl adjacent to an activating group) is 1. The summed E-state index contributed by atoms with van der Waals surface area (Å²) in [6.07, 6.45) is 3.06. The lowest BCUT2D eigenvalue weighted by Crippen LogP contribution is -2.43. The number of pyridine rings is 1. The maximum Gasteiger partial charge on any atom is 0.222 e. The molecule has 1 aliphatic heterocycles. The molecule has 2 rings (SSSR count).